The average Bonchev–Trinajstić information content (AvgIpc) is 2.62. The van der Waals surface area contributed by atoms with Gasteiger partial charge in [-0.25, -0.2) is 4.98 Å². The van der Waals surface area contributed by atoms with Crippen LogP contribution >= 0.6 is 0 Å². The fraction of sp³-hybridized carbons (Fsp3) is 0.583. The first kappa shape index (κ1) is 13.5. The van der Waals surface area contributed by atoms with E-state index in [1.165, 1.54) is 12.1 Å². The van der Waals surface area contributed by atoms with Crippen LogP contribution in [0.1, 0.15) is 25.7 Å². The number of nitro groups is 1. The van der Waals surface area contributed by atoms with Gasteiger partial charge in [0.1, 0.15) is 11.6 Å². The fourth-order valence-corrected chi connectivity index (χ4v) is 2.44. The number of nitrogens with two attached hydrogens (primary N) is 1. The van der Waals surface area contributed by atoms with Gasteiger partial charge in [-0.3, -0.25) is 10.1 Å². The number of nitrogens with zero attached hydrogens (tertiary/aromatic N) is 3. The van der Waals surface area contributed by atoms with Crippen molar-refractivity contribution >= 4 is 17.3 Å². The van der Waals surface area contributed by atoms with Gasteiger partial charge in [-0.05, 0) is 12.8 Å². The maximum Gasteiger partial charge on any atom is 0.276 e. The lowest BCUT2D eigenvalue weighted by molar-refractivity contribution is -0.384. The number of aliphatic hydroxyl groups is 1. The lowest BCUT2D eigenvalue weighted by Gasteiger charge is -2.29. The minimum atomic E-state index is -0.479. The van der Waals surface area contributed by atoms with Crippen molar-refractivity contribution in [1.29, 1.82) is 0 Å². The van der Waals surface area contributed by atoms with E-state index in [1.54, 1.807) is 0 Å². The third kappa shape index (κ3) is 3.11. The number of hydrogen-bond acceptors (Lipinski definition) is 6. The summed E-state index contributed by atoms with van der Waals surface area (Å²) in [5.74, 6) is 0.609. The van der Waals surface area contributed by atoms with Crippen molar-refractivity contribution in [3.05, 3.63) is 22.2 Å². The molecule has 19 heavy (non-hydrogen) atoms. The first-order valence-corrected chi connectivity index (χ1v) is 6.41. The Labute approximate surface area is 111 Å². The zero-order valence-corrected chi connectivity index (χ0v) is 10.7. The van der Waals surface area contributed by atoms with E-state index in [9.17, 15) is 15.2 Å². The van der Waals surface area contributed by atoms with Gasteiger partial charge in [0.05, 0.1) is 29.7 Å². The zero-order valence-electron chi connectivity index (χ0n) is 10.7. The van der Waals surface area contributed by atoms with E-state index in [-0.39, 0.29) is 24.2 Å². The molecule has 2 heterocycles. The largest absolute Gasteiger partial charge is 0.394 e. The molecule has 0 aliphatic carbocycles. The summed E-state index contributed by atoms with van der Waals surface area (Å²) in [6.45, 7) is 0.753. The molecule has 3 N–H and O–H groups in total. The number of hydrogen-bond donors (Lipinski definition) is 2. The first-order valence-electron chi connectivity index (χ1n) is 6.41. The molecule has 0 spiro atoms. The normalized spacial score (nSPS) is 20.1. The fourth-order valence-electron chi connectivity index (χ4n) is 2.44. The van der Waals surface area contributed by atoms with Crippen LogP contribution in [-0.2, 0) is 0 Å². The lowest BCUT2D eigenvalue weighted by atomic mass is 10.1. The van der Waals surface area contributed by atoms with E-state index < -0.39 is 4.92 Å². The predicted molar refractivity (Wildman–Crippen MR) is 72.0 cm³/mol. The molecule has 7 heteroatoms. The maximum absolute atomic E-state index is 10.9. The summed E-state index contributed by atoms with van der Waals surface area (Å²) in [5, 5.41) is 20.3. The van der Waals surface area contributed by atoms with Gasteiger partial charge in [0, 0.05) is 6.54 Å². The van der Waals surface area contributed by atoms with Crippen LogP contribution in [0, 0.1) is 10.1 Å². The first-order chi connectivity index (χ1) is 9.11. The summed E-state index contributed by atoms with van der Waals surface area (Å²) in [6.07, 6.45) is 3.99. The van der Waals surface area contributed by atoms with Gasteiger partial charge >= 0.3 is 0 Å². The molecule has 0 saturated carbocycles. The highest BCUT2D eigenvalue weighted by molar-refractivity contribution is 5.54. The topological polar surface area (TPSA) is 106 Å². The van der Waals surface area contributed by atoms with Crippen molar-refractivity contribution in [3.63, 3.8) is 0 Å². The summed E-state index contributed by atoms with van der Waals surface area (Å²) < 4.78 is 0. The Morgan fingerprint density at radius 2 is 2.26 bits per heavy atom. The number of aromatic nitrogens is 1. The van der Waals surface area contributed by atoms with Crippen molar-refractivity contribution in [2.45, 2.75) is 31.7 Å². The minimum Gasteiger partial charge on any atom is -0.394 e. The molecule has 2 rings (SSSR count). The second kappa shape index (κ2) is 5.83. The highest BCUT2D eigenvalue weighted by Gasteiger charge is 2.23. The van der Waals surface area contributed by atoms with E-state index >= 15 is 0 Å². The molecule has 0 aromatic carbocycles. The number of aliphatic hydroxyl groups excluding tert-OH is 1. The van der Waals surface area contributed by atoms with E-state index in [2.05, 4.69) is 4.98 Å². The van der Waals surface area contributed by atoms with E-state index in [0.29, 0.717) is 5.82 Å². The maximum atomic E-state index is 10.9. The van der Waals surface area contributed by atoms with Crippen molar-refractivity contribution in [3.8, 4) is 0 Å². The molecule has 1 unspecified atom stereocenters. The van der Waals surface area contributed by atoms with Crippen LogP contribution < -0.4 is 10.6 Å². The number of pyridine rings is 1. The molecule has 1 fully saturated rings. The van der Waals surface area contributed by atoms with Gasteiger partial charge in [-0.2, -0.15) is 0 Å². The van der Waals surface area contributed by atoms with Gasteiger partial charge in [0.15, 0.2) is 0 Å². The van der Waals surface area contributed by atoms with Gasteiger partial charge in [0.2, 0.25) is 0 Å². The molecule has 1 aromatic heterocycles. The molecular formula is C12H18N4O3. The van der Waals surface area contributed by atoms with Gasteiger partial charge in [-0.15, -0.1) is 0 Å². The summed E-state index contributed by atoms with van der Waals surface area (Å²) in [6, 6.07) is 2.62. The third-order valence-corrected chi connectivity index (χ3v) is 3.41. The van der Waals surface area contributed by atoms with Crippen LogP contribution in [0.4, 0.5) is 17.3 Å². The van der Waals surface area contributed by atoms with E-state index in [0.717, 1.165) is 32.2 Å². The van der Waals surface area contributed by atoms with Crippen LogP contribution in [0.25, 0.3) is 0 Å². The van der Waals surface area contributed by atoms with Gasteiger partial charge in [-0.1, -0.05) is 12.8 Å². The SMILES string of the molecule is Nc1cc([N+](=O)[O-])cc(N2CCCCCC2CO)n1. The van der Waals surface area contributed by atoms with E-state index in [4.69, 9.17) is 5.73 Å². The molecule has 0 amide bonds. The quantitative estimate of drug-likeness (QED) is 0.631. The Hall–Kier alpha value is -1.89. The Morgan fingerprint density at radius 1 is 1.47 bits per heavy atom. The minimum absolute atomic E-state index is 0.0181. The second-order valence-electron chi connectivity index (χ2n) is 4.74. The average molecular weight is 266 g/mol. The Morgan fingerprint density at radius 3 is 2.95 bits per heavy atom. The summed E-state index contributed by atoms with van der Waals surface area (Å²) in [4.78, 5) is 16.5. The molecule has 1 aromatic rings. The van der Waals surface area contributed by atoms with Crippen LogP contribution in [0.15, 0.2) is 12.1 Å². The van der Waals surface area contributed by atoms with Crippen LogP contribution in [0.3, 0.4) is 0 Å². The summed E-state index contributed by atoms with van der Waals surface area (Å²) in [7, 11) is 0. The number of nitrogen functional groups attached to an aromatic ring is 1. The second-order valence-corrected chi connectivity index (χ2v) is 4.74. The molecule has 1 atom stereocenters. The van der Waals surface area contributed by atoms with Crippen LogP contribution in [0.5, 0.6) is 0 Å². The van der Waals surface area contributed by atoms with Crippen molar-refractivity contribution in [2.24, 2.45) is 0 Å². The van der Waals surface area contributed by atoms with Crippen molar-refractivity contribution in [2.75, 3.05) is 23.8 Å². The highest BCUT2D eigenvalue weighted by Crippen LogP contribution is 2.27. The van der Waals surface area contributed by atoms with E-state index in [1.807, 2.05) is 4.90 Å². The zero-order chi connectivity index (χ0) is 13.8. The van der Waals surface area contributed by atoms with Crippen LogP contribution in [0.2, 0.25) is 0 Å². The lowest BCUT2D eigenvalue weighted by Crippen LogP contribution is -2.38. The summed E-state index contributed by atoms with van der Waals surface area (Å²) >= 11 is 0. The summed E-state index contributed by atoms with van der Waals surface area (Å²) in [5.41, 5.74) is 5.56. The Balaban J connectivity index is 2.34. The molecule has 1 saturated heterocycles. The molecular weight excluding hydrogens is 248 g/mol. The van der Waals surface area contributed by atoms with Gasteiger partial charge < -0.3 is 15.7 Å². The van der Waals surface area contributed by atoms with Crippen molar-refractivity contribution < 1.29 is 10.0 Å². The standard InChI is InChI=1S/C12H18N4O3/c13-11-6-10(16(18)19)7-12(14-11)15-5-3-1-2-4-9(15)8-17/h6-7,9,17H,1-5,8H2,(H2,13,14). The smallest absolute Gasteiger partial charge is 0.276 e. The molecule has 104 valence electrons. The molecule has 1 aliphatic heterocycles. The number of rotatable bonds is 3. The number of anilines is 2. The third-order valence-electron chi connectivity index (χ3n) is 3.41. The molecule has 1 aliphatic rings. The molecule has 0 radical (unpaired) electrons. The predicted octanol–water partition coefficient (Wildman–Crippen LogP) is 1.31. The highest BCUT2D eigenvalue weighted by atomic mass is 16.6. The molecule has 7 nitrogen and oxygen atoms in total. The van der Waals surface area contributed by atoms with Crippen molar-refractivity contribution in [1.82, 2.24) is 4.98 Å². The molecule has 0 bridgehead atoms. The van der Waals surface area contributed by atoms with Gasteiger partial charge in [0.25, 0.3) is 5.69 Å². The Kier molecular flexibility index (Phi) is 4.16. The monoisotopic (exact) mass is 266 g/mol. The Bertz CT molecular complexity index is 466. The van der Waals surface area contributed by atoms with Crippen LogP contribution in [-0.4, -0.2) is 34.2 Å².